The number of benzene rings is 3. The molecule has 0 aromatic heterocycles. The summed E-state index contributed by atoms with van der Waals surface area (Å²) in [6.07, 6.45) is 0.926. The number of halogens is 1. The monoisotopic (exact) mass is 430 g/mol. The second-order valence-corrected chi connectivity index (χ2v) is 7.56. The normalized spacial score (nSPS) is 14.9. The minimum atomic E-state index is -0.536. The highest BCUT2D eigenvalue weighted by Crippen LogP contribution is 2.43. The molecule has 2 N–H and O–H groups in total. The highest BCUT2D eigenvalue weighted by molar-refractivity contribution is 6.30. The molecule has 1 aliphatic heterocycles. The van der Waals surface area contributed by atoms with Crippen LogP contribution in [0, 0.1) is 11.3 Å². The predicted octanol–water partition coefficient (Wildman–Crippen LogP) is 5.34. The fraction of sp³-hybridized carbons (Fsp3) is 0.120. The van der Waals surface area contributed by atoms with Crippen LogP contribution in [-0.4, -0.2) is 5.97 Å². The van der Waals surface area contributed by atoms with E-state index in [1.807, 2.05) is 24.3 Å². The number of carbonyl (C=O) groups excluding carboxylic acids is 1. The summed E-state index contributed by atoms with van der Waals surface area (Å²) in [5, 5.41) is 10.1. The van der Waals surface area contributed by atoms with Gasteiger partial charge in [-0.1, -0.05) is 54.9 Å². The number of esters is 1. The summed E-state index contributed by atoms with van der Waals surface area (Å²) in [5.74, 6) is -0.115. The first kappa shape index (κ1) is 20.5. The van der Waals surface area contributed by atoms with Gasteiger partial charge in [0.1, 0.15) is 23.1 Å². The summed E-state index contributed by atoms with van der Waals surface area (Å²) in [7, 11) is 0. The minimum Gasteiger partial charge on any atom is -0.440 e. The molecule has 1 heterocycles. The molecule has 1 unspecified atom stereocenters. The van der Waals surface area contributed by atoms with Gasteiger partial charge in [0, 0.05) is 16.7 Å². The molecular weight excluding hydrogens is 412 g/mol. The van der Waals surface area contributed by atoms with E-state index in [0.717, 1.165) is 17.5 Å². The molecule has 5 nitrogen and oxygen atoms in total. The van der Waals surface area contributed by atoms with Crippen LogP contribution in [0.4, 0.5) is 0 Å². The Morgan fingerprint density at radius 1 is 1.16 bits per heavy atom. The van der Waals surface area contributed by atoms with E-state index >= 15 is 0 Å². The lowest BCUT2D eigenvalue weighted by Gasteiger charge is -2.26. The van der Waals surface area contributed by atoms with Gasteiger partial charge in [0.25, 0.3) is 0 Å². The lowest BCUT2D eigenvalue weighted by atomic mass is 9.83. The Bertz CT molecular complexity index is 1230. The number of aryl methyl sites for hydroxylation is 1. The van der Waals surface area contributed by atoms with E-state index in [-0.39, 0.29) is 11.8 Å². The van der Waals surface area contributed by atoms with Crippen LogP contribution < -0.4 is 15.2 Å². The van der Waals surface area contributed by atoms with Crippen molar-refractivity contribution in [2.75, 3.05) is 0 Å². The highest BCUT2D eigenvalue weighted by atomic mass is 35.5. The first-order valence-corrected chi connectivity index (χ1v) is 10.2. The smallest absolute Gasteiger partial charge is 0.343 e. The Morgan fingerprint density at radius 3 is 2.61 bits per heavy atom. The standard InChI is InChI=1S/C25H19ClN2O3/c1-2-15-6-8-16(9-7-15)23-20-11-10-19(13-22(20)31-24(28)21(23)14-27)30-25(29)17-4-3-5-18(26)12-17/h3-13,23H,2,28H2,1H3. The zero-order valence-corrected chi connectivity index (χ0v) is 17.5. The molecule has 3 aromatic rings. The Morgan fingerprint density at radius 2 is 1.94 bits per heavy atom. The van der Waals surface area contributed by atoms with Crippen molar-refractivity contribution in [1.82, 2.24) is 0 Å². The zero-order valence-electron chi connectivity index (χ0n) is 16.8. The van der Waals surface area contributed by atoms with Crippen molar-refractivity contribution in [3.63, 3.8) is 0 Å². The number of allylic oxidation sites excluding steroid dienone is 1. The van der Waals surface area contributed by atoms with Crippen LogP contribution >= 0.6 is 11.6 Å². The van der Waals surface area contributed by atoms with E-state index in [1.165, 1.54) is 11.6 Å². The van der Waals surface area contributed by atoms with Crippen molar-refractivity contribution in [2.24, 2.45) is 5.73 Å². The van der Waals surface area contributed by atoms with Crippen molar-refractivity contribution in [1.29, 1.82) is 5.26 Å². The van der Waals surface area contributed by atoms with Crippen molar-refractivity contribution in [3.8, 4) is 17.6 Å². The molecule has 0 saturated heterocycles. The fourth-order valence-electron chi connectivity index (χ4n) is 3.57. The van der Waals surface area contributed by atoms with E-state index in [2.05, 4.69) is 13.0 Å². The van der Waals surface area contributed by atoms with Crippen molar-refractivity contribution in [3.05, 3.63) is 105 Å². The van der Waals surface area contributed by atoms with E-state index in [1.54, 1.807) is 36.4 Å². The summed E-state index contributed by atoms with van der Waals surface area (Å²) in [6, 6.07) is 21.8. The Balaban J connectivity index is 1.68. The third-order valence-electron chi connectivity index (χ3n) is 5.18. The van der Waals surface area contributed by atoms with Gasteiger partial charge in [0.2, 0.25) is 5.88 Å². The maximum Gasteiger partial charge on any atom is 0.343 e. The van der Waals surface area contributed by atoms with Crippen LogP contribution in [0.2, 0.25) is 5.02 Å². The van der Waals surface area contributed by atoms with Crippen molar-refractivity contribution in [2.45, 2.75) is 19.3 Å². The van der Waals surface area contributed by atoms with Crippen LogP contribution in [0.15, 0.2) is 78.2 Å². The molecule has 0 amide bonds. The lowest BCUT2D eigenvalue weighted by Crippen LogP contribution is -2.21. The van der Waals surface area contributed by atoms with Crippen LogP contribution in [0.1, 0.15) is 39.9 Å². The van der Waals surface area contributed by atoms with Gasteiger partial charge < -0.3 is 15.2 Å². The lowest BCUT2D eigenvalue weighted by molar-refractivity contribution is 0.0734. The Labute approximate surface area is 185 Å². The summed E-state index contributed by atoms with van der Waals surface area (Å²) in [6.45, 7) is 2.09. The number of ether oxygens (including phenoxy) is 2. The van der Waals surface area contributed by atoms with Crippen LogP contribution in [0.25, 0.3) is 0 Å². The molecule has 31 heavy (non-hydrogen) atoms. The fourth-order valence-corrected chi connectivity index (χ4v) is 3.76. The molecule has 6 heteroatoms. The molecule has 1 atom stereocenters. The molecule has 0 saturated carbocycles. The largest absolute Gasteiger partial charge is 0.440 e. The predicted molar refractivity (Wildman–Crippen MR) is 118 cm³/mol. The Kier molecular flexibility index (Phi) is 5.66. The molecule has 0 spiro atoms. The second kappa shape index (κ2) is 8.55. The SMILES string of the molecule is CCc1ccc(C2C(C#N)=C(N)Oc3cc(OC(=O)c4cccc(Cl)c4)ccc32)cc1. The molecule has 0 aliphatic carbocycles. The van der Waals surface area contributed by atoms with Crippen LogP contribution in [-0.2, 0) is 6.42 Å². The quantitative estimate of drug-likeness (QED) is 0.446. The third kappa shape index (κ3) is 4.11. The van der Waals surface area contributed by atoms with E-state index in [0.29, 0.717) is 27.7 Å². The average molecular weight is 431 g/mol. The first-order chi connectivity index (χ1) is 15.0. The minimum absolute atomic E-state index is 0.0397. The average Bonchev–Trinajstić information content (AvgIpc) is 2.78. The molecule has 0 fully saturated rings. The molecule has 0 radical (unpaired) electrons. The second-order valence-electron chi connectivity index (χ2n) is 7.12. The molecular formula is C25H19ClN2O3. The van der Waals surface area contributed by atoms with Gasteiger partial charge in [0.15, 0.2) is 0 Å². The van der Waals surface area contributed by atoms with Gasteiger partial charge in [-0.05, 0) is 41.8 Å². The number of carbonyl (C=O) groups is 1. The van der Waals surface area contributed by atoms with Gasteiger partial charge in [-0.3, -0.25) is 0 Å². The topological polar surface area (TPSA) is 85.3 Å². The van der Waals surface area contributed by atoms with E-state index < -0.39 is 5.97 Å². The van der Waals surface area contributed by atoms with Gasteiger partial charge in [0.05, 0.1) is 11.5 Å². The van der Waals surface area contributed by atoms with Gasteiger partial charge in [-0.15, -0.1) is 0 Å². The Hall–Kier alpha value is -3.75. The number of nitrogens with zero attached hydrogens (tertiary/aromatic N) is 1. The van der Waals surface area contributed by atoms with Gasteiger partial charge in [-0.2, -0.15) is 5.26 Å². The third-order valence-corrected chi connectivity index (χ3v) is 5.42. The van der Waals surface area contributed by atoms with Crippen LogP contribution in [0.3, 0.4) is 0 Å². The maximum atomic E-state index is 12.4. The number of nitrogens with two attached hydrogens (primary N) is 1. The molecule has 1 aliphatic rings. The molecule has 4 rings (SSSR count). The molecule has 3 aromatic carbocycles. The first-order valence-electron chi connectivity index (χ1n) is 9.78. The summed E-state index contributed by atoms with van der Waals surface area (Å²) >= 11 is 5.95. The number of rotatable bonds is 4. The van der Waals surface area contributed by atoms with E-state index in [4.69, 9.17) is 26.8 Å². The van der Waals surface area contributed by atoms with Gasteiger partial charge >= 0.3 is 5.97 Å². The van der Waals surface area contributed by atoms with Crippen molar-refractivity contribution < 1.29 is 14.3 Å². The summed E-state index contributed by atoms with van der Waals surface area (Å²) in [4.78, 5) is 12.4. The van der Waals surface area contributed by atoms with E-state index in [9.17, 15) is 10.1 Å². The van der Waals surface area contributed by atoms with Crippen LogP contribution in [0.5, 0.6) is 11.5 Å². The zero-order chi connectivity index (χ0) is 22.0. The highest BCUT2D eigenvalue weighted by Gasteiger charge is 2.31. The van der Waals surface area contributed by atoms with Crippen molar-refractivity contribution >= 4 is 17.6 Å². The summed E-state index contributed by atoms with van der Waals surface area (Å²) in [5.41, 5.74) is 9.66. The number of hydrogen-bond acceptors (Lipinski definition) is 5. The maximum absolute atomic E-state index is 12.4. The summed E-state index contributed by atoms with van der Waals surface area (Å²) < 4.78 is 11.2. The number of fused-ring (bicyclic) bond motifs is 1. The molecule has 0 bridgehead atoms. The van der Waals surface area contributed by atoms with Gasteiger partial charge in [-0.25, -0.2) is 4.79 Å². The molecule has 154 valence electrons. The number of hydrogen-bond donors (Lipinski definition) is 1. The number of nitriles is 1.